The summed E-state index contributed by atoms with van der Waals surface area (Å²) in [4.78, 5) is 24.9. The summed E-state index contributed by atoms with van der Waals surface area (Å²) < 4.78 is 33.9. The fourth-order valence-electron chi connectivity index (χ4n) is 6.16. The molecule has 2 N–H and O–H groups in total. The predicted octanol–water partition coefficient (Wildman–Crippen LogP) is 6.93. The van der Waals surface area contributed by atoms with Crippen LogP contribution in [0.25, 0.3) is 0 Å². The van der Waals surface area contributed by atoms with Crippen molar-refractivity contribution in [3.8, 4) is 0 Å². The number of methoxy groups -OCH3 is 2. The van der Waals surface area contributed by atoms with Crippen LogP contribution in [0.3, 0.4) is 0 Å². The zero-order valence-electron chi connectivity index (χ0n) is 27.8. The van der Waals surface area contributed by atoms with Gasteiger partial charge in [0.1, 0.15) is 13.2 Å². The quantitative estimate of drug-likeness (QED) is 0.292. The molecule has 10 nitrogen and oxygen atoms in total. The van der Waals surface area contributed by atoms with E-state index in [-0.39, 0.29) is 61.7 Å². The molecule has 0 bridgehead atoms. The molecule has 2 fully saturated rings. The largest absolute Gasteiger partial charge is 0.447 e. The molecule has 0 aromatic heterocycles. The maximum Gasteiger partial charge on any atom is 0.411 e. The molecule has 10 atom stereocenters. The van der Waals surface area contributed by atoms with Gasteiger partial charge in [0.25, 0.3) is 0 Å². The number of hydrogen-bond acceptors (Lipinski definition) is 8. The van der Waals surface area contributed by atoms with E-state index in [1.165, 1.54) is 0 Å². The molecule has 10 heteroatoms. The Bertz CT molecular complexity index is 1140. The standard InChI is InChI=1S/C35H50N2O8/c1-20-22(3)30(44-32(40-7)24(20)5)18-42-34(38)36-28-13-9-26(10-14-28)17-27-11-15-29(16-12-27)37-35(39)43-19-31-23(4)21(2)25(6)33(41-8)45-31/h9-16,20-25,30-33H,17-19H2,1-8H3,(H,36,38)(H,37,39). The average Bonchev–Trinajstić information content (AvgIpc) is 3.04. The number of anilines is 2. The van der Waals surface area contributed by atoms with E-state index in [1.54, 1.807) is 14.2 Å². The first-order valence-corrected chi connectivity index (χ1v) is 15.9. The van der Waals surface area contributed by atoms with Crippen LogP contribution in [0.2, 0.25) is 0 Å². The molecule has 0 saturated carbocycles. The molecule has 248 valence electrons. The Morgan fingerprint density at radius 3 is 1.27 bits per heavy atom. The molecule has 45 heavy (non-hydrogen) atoms. The summed E-state index contributed by atoms with van der Waals surface area (Å²) in [6, 6.07) is 15.2. The van der Waals surface area contributed by atoms with E-state index in [2.05, 4.69) is 52.2 Å². The topological polar surface area (TPSA) is 114 Å². The van der Waals surface area contributed by atoms with Gasteiger partial charge in [-0.1, -0.05) is 65.8 Å². The zero-order chi connectivity index (χ0) is 32.7. The van der Waals surface area contributed by atoms with Crippen molar-refractivity contribution >= 4 is 23.6 Å². The van der Waals surface area contributed by atoms with Gasteiger partial charge in [0.15, 0.2) is 12.6 Å². The van der Waals surface area contributed by atoms with Crippen LogP contribution < -0.4 is 10.6 Å². The summed E-state index contributed by atoms with van der Waals surface area (Å²) in [6.07, 6.45) is -1.42. The highest BCUT2D eigenvalue weighted by atomic mass is 16.7. The maximum absolute atomic E-state index is 12.5. The molecule has 0 aliphatic carbocycles. The van der Waals surface area contributed by atoms with Gasteiger partial charge in [-0.15, -0.1) is 0 Å². The summed E-state index contributed by atoms with van der Waals surface area (Å²) in [5, 5.41) is 5.57. The third kappa shape index (κ3) is 8.97. The van der Waals surface area contributed by atoms with Crippen LogP contribution in [-0.4, -0.2) is 64.4 Å². The molecular formula is C35H50N2O8. The number of ether oxygens (including phenoxy) is 6. The van der Waals surface area contributed by atoms with Crippen molar-refractivity contribution in [2.75, 3.05) is 38.1 Å². The molecule has 2 aromatic rings. The lowest BCUT2D eigenvalue weighted by Crippen LogP contribution is -2.47. The first-order chi connectivity index (χ1) is 21.5. The van der Waals surface area contributed by atoms with E-state index in [0.717, 1.165) is 11.1 Å². The molecule has 0 radical (unpaired) electrons. The highest BCUT2D eigenvalue weighted by Crippen LogP contribution is 2.36. The highest BCUT2D eigenvalue weighted by molar-refractivity contribution is 5.85. The van der Waals surface area contributed by atoms with Crippen LogP contribution in [0.4, 0.5) is 21.0 Å². The Morgan fingerprint density at radius 2 is 0.933 bits per heavy atom. The molecule has 0 spiro atoms. The van der Waals surface area contributed by atoms with Gasteiger partial charge in [-0.3, -0.25) is 10.6 Å². The van der Waals surface area contributed by atoms with Crippen molar-refractivity contribution in [1.82, 2.24) is 0 Å². The van der Waals surface area contributed by atoms with E-state index in [9.17, 15) is 9.59 Å². The van der Waals surface area contributed by atoms with Gasteiger partial charge < -0.3 is 28.4 Å². The predicted molar refractivity (Wildman–Crippen MR) is 172 cm³/mol. The van der Waals surface area contributed by atoms with Gasteiger partial charge >= 0.3 is 12.2 Å². The number of rotatable bonds is 10. The summed E-state index contributed by atoms with van der Waals surface area (Å²) in [6.45, 7) is 13.1. The van der Waals surface area contributed by atoms with Crippen LogP contribution in [0.5, 0.6) is 0 Å². The van der Waals surface area contributed by atoms with Crippen LogP contribution in [0.1, 0.15) is 52.7 Å². The Labute approximate surface area is 267 Å². The number of nitrogens with one attached hydrogen (secondary N) is 2. The lowest BCUT2D eigenvalue weighted by Gasteiger charge is -2.42. The third-order valence-electron chi connectivity index (χ3n) is 10.00. The number of benzene rings is 2. The summed E-state index contributed by atoms with van der Waals surface area (Å²) in [7, 11) is 3.27. The Kier molecular flexibility index (Phi) is 12.2. The highest BCUT2D eigenvalue weighted by Gasteiger charge is 2.40. The van der Waals surface area contributed by atoms with E-state index < -0.39 is 12.2 Å². The second kappa shape index (κ2) is 15.9. The molecule has 2 aliphatic heterocycles. The molecule has 2 amide bonds. The fourth-order valence-corrected chi connectivity index (χ4v) is 6.16. The lowest BCUT2D eigenvalue weighted by atomic mass is 9.79. The zero-order valence-corrected chi connectivity index (χ0v) is 27.8. The number of carbonyl (C=O) groups is 2. The van der Waals surface area contributed by atoms with E-state index in [0.29, 0.717) is 29.6 Å². The number of hydrogen-bond donors (Lipinski definition) is 2. The van der Waals surface area contributed by atoms with Gasteiger partial charge in [-0.25, -0.2) is 9.59 Å². The second-order valence-electron chi connectivity index (χ2n) is 12.7. The summed E-state index contributed by atoms with van der Waals surface area (Å²) in [5.74, 6) is 1.76. The SMILES string of the molecule is COC1OC(COC(=O)Nc2ccc(Cc3ccc(NC(=O)OCC4OC(OC)C(C)C(C)C4C)cc3)cc2)C(C)C(C)C1C. The monoisotopic (exact) mass is 626 g/mol. The summed E-state index contributed by atoms with van der Waals surface area (Å²) in [5.41, 5.74) is 3.44. The van der Waals surface area contributed by atoms with E-state index in [1.807, 2.05) is 48.5 Å². The van der Waals surface area contributed by atoms with E-state index in [4.69, 9.17) is 28.4 Å². The molecule has 2 heterocycles. The van der Waals surface area contributed by atoms with Gasteiger partial charge in [0.2, 0.25) is 0 Å². The number of amides is 2. The Hall–Kier alpha value is -3.18. The smallest absolute Gasteiger partial charge is 0.411 e. The minimum absolute atomic E-state index is 0.159. The summed E-state index contributed by atoms with van der Waals surface area (Å²) >= 11 is 0. The van der Waals surface area contributed by atoms with Gasteiger partial charge in [-0.05, 0) is 65.5 Å². The fraction of sp³-hybridized carbons (Fsp3) is 0.600. The van der Waals surface area contributed by atoms with Crippen LogP contribution in [0.15, 0.2) is 48.5 Å². The second-order valence-corrected chi connectivity index (χ2v) is 12.7. The number of carbonyl (C=O) groups excluding carboxylic acids is 2. The Balaban J connectivity index is 1.19. The molecule has 2 aliphatic rings. The molecule has 4 rings (SSSR count). The van der Waals surface area contributed by atoms with Gasteiger partial charge in [0, 0.05) is 37.4 Å². The molecule has 2 saturated heterocycles. The Morgan fingerprint density at radius 1 is 0.578 bits per heavy atom. The maximum atomic E-state index is 12.5. The van der Waals surface area contributed by atoms with Crippen molar-refractivity contribution in [3.63, 3.8) is 0 Å². The molecule has 2 aromatic carbocycles. The first-order valence-electron chi connectivity index (χ1n) is 15.9. The van der Waals surface area contributed by atoms with Crippen LogP contribution in [-0.2, 0) is 34.8 Å². The van der Waals surface area contributed by atoms with Crippen molar-refractivity contribution in [2.24, 2.45) is 35.5 Å². The lowest BCUT2D eigenvalue weighted by molar-refractivity contribution is -0.243. The molecule has 10 unspecified atom stereocenters. The van der Waals surface area contributed by atoms with Crippen molar-refractivity contribution < 1.29 is 38.0 Å². The minimum atomic E-state index is -0.524. The van der Waals surface area contributed by atoms with Crippen LogP contribution in [0, 0.1) is 35.5 Å². The molecular weight excluding hydrogens is 576 g/mol. The van der Waals surface area contributed by atoms with Gasteiger partial charge in [-0.2, -0.15) is 0 Å². The third-order valence-corrected chi connectivity index (χ3v) is 10.00. The van der Waals surface area contributed by atoms with Crippen molar-refractivity contribution in [1.29, 1.82) is 0 Å². The average molecular weight is 627 g/mol. The van der Waals surface area contributed by atoms with E-state index >= 15 is 0 Å². The van der Waals surface area contributed by atoms with Crippen LogP contribution >= 0.6 is 0 Å². The van der Waals surface area contributed by atoms with Crippen molar-refractivity contribution in [3.05, 3.63) is 59.7 Å². The van der Waals surface area contributed by atoms with Gasteiger partial charge in [0.05, 0.1) is 12.2 Å². The first kappa shape index (κ1) is 34.7. The minimum Gasteiger partial charge on any atom is -0.447 e. The van der Waals surface area contributed by atoms with Crippen molar-refractivity contribution in [2.45, 2.75) is 72.8 Å². The normalized spacial score (nSPS) is 31.6.